The smallest absolute Gasteiger partial charge is 0.225 e. The molecule has 1 N–H and O–H groups in total. The van der Waals surface area contributed by atoms with Gasteiger partial charge in [0.25, 0.3) is 0 Å². The number of thiazole rings is 1. The van der Waals surface area contributed by atoms with Gasteiger partial charge in [-0.15, -0.1) is 17.9 Å². The monoisotopic (exact) mass is 290 g/mol. The molecule has 0 aliphatic carbocycles. The van der Waals surface area contributed by atoms with Crippen LogP contribution in [0.2, 0.25) is 0 Å². The number of aryl methyl sites for hydroxylation is 1. The van der Waals surface area contributed by atoms with E-state index in [0.717, 1.165) is 10.6 Å². The number of nitrogens with zero attached hydrogens (tertiary/aromatic N) is 1. The minimum absolute atomic E-state index is 0.0864. The molecule has 0 unspecified atom stereocenters. The lowest BCUT2D eigenvalue weighted by Gasteiger charge is -2.00. The van der Waals surface area contributed by atoms with Crippen LogP contribution in [0.25, 0.3) is 10.6 Å². The number of carbonyl (C=O) groups excluding carboxylic acids is 1. The van der Waals surface area contributed by atoms with Gasteiger partial charge in [-0.1, -0.05) is 18.2 Å². The topological polar surface area (TPSA) is 42.0 Å². The van der Waals surface area contributed by atoms with Gasteiger partial charge < -0.3 is 5.32 Å². The first kappa shape index (κ1) is 14.4. The zero-order valence-electron chi connectivity index (χ0n) is 11.1. The third-order valence-electron chi connectivity index (χ3n) is 2.76. The number of hydrogen-bond donors (Lipinski definition) is 1. The zero-order valence-corrected chi connectivity index (χ0v) is 12.0. The fraction of sp³-hybridized carbons (Fsp3) is 0.200. The molecule has 0 bridgehead atoms. The third-order valence-corrected chi connectivity index (χ3v) is 3.95. The Kier molecular flexibility index (Phi) is 4.63. The Morgan fingerprint density at radius 1 is 1.50 bits per heavy atom. The molecule has 2 rings (SSSR count). The van der Waals surface area contributed by atoms with Crippen LogP contribution in [0.5, 0.6) is 0 Å². The maximum Gasteiger partial charge on any atom is 0.225 e. The number of carbonyl (C=O) groups is 1. The summed E-state index contributed by atoms with van der Waals surface area (Å²) in [6.45, 7) is 5.82. The van der Waals surface area contributed by atoms with Gasteiger partial charge in [0.2, 0.25) is 5.91 Å². The first-order valence-electron chi connectivity index (χ1n) is 6.20. The fourth-order valence-corrected chi connectivity index (χ4v) is 2.82. The highest BCUT2D eigenvalue weighted by Gasteiger charge is 2.14. The number of benzene rings is 1. The lowest BCUT2D eigenvalue weighted by Crippen LogP contribution is -2.24. The molecular formula is C15H15FN2OS. The van der Waals surface area contributed by atoms with Crippen LogP contribution in [0.3, 0.4) is 0 Å². The van der Waals surface area contributed by atoms with Crippen molar-refractivity contribution in [2.45, 2.75) is 13.3 Å². The van der Waals surface area contributed by atoms with Crippen molar-refractivity contribution in [3.63, 3.8) is 0 Å². The average molecular weight is 290 g/mol. The zero-order chi connectivity index (χ0) is 14.5. The highest BCUT2D eigenvalue weighted by molar-refractivity contribution is 7.15. The predicted octanol–water partition coefficient (Wildman–Crippen LogP) is 3.10. The number of rotatable bonds is 5. The molecule has 1 aromatic heterocycles. The Hall–Kier alpha value is -2.01. The summed E-state index contributed by atoms with van der Waals surface area (Å²) in [4.78, 5) is 16.9. The van der Waals surface area contributed by atoms with Crippen molar-refractivity contribution in [3.8, 4) is 10.6 Å². The lowest BCUT2D eigenvalue weighted by molar-refractivity contribution is -0.120. The van der Waals surface area contributed by atoms with Gasteiger partial charge in [-0.3, -0.25) is 4.79 Å². The van der Waals surface area contributed by atoms with E-state index >= 15 is 0 Å². The number of aromatic nitrogens is 1. The maximum absolute atomic E-state index is 13.7. The highest BCUT2D eigenvalue weighted by Crippen LogP contribution is 2.29. The summed E-state index contributed by atoms with van der Waals surface area (Å²) >= 11 is 1.35. The Morgan fingerprint density at radius 3 is 2.95 bits per heavy atom. The van der Waals surface area contributed by atoms with E-state index in [4.69, 9.17) is 0 Å². The molecule has 0 aliphatic heterocycles. The van der Waals surface area contributed by atoms with Crippen LogP contribution in [-0.4, -0.2) is 17.4 Å². The molecule has 1 amide bonds. The van der Waals surface area contributed by atoms with Crippen LogP contribution in [0.15, 0.2) is 36.9 Å². The second-order valence-corrected chi connectivity index (χ2v) is 5.36. The summed E-state index contributed by atoms with van der Waals surface area (Å²) in [6.07, 6.45) is 1.88. The van der Waals surface area contributed by atoms with E-state index in [1.807, 2.05) is 6.92 Å². The highest BCUT2D eigenvalue weighted by atomic mass is 32.1. The first-order valence-corrected chi connectivity index (χ1v) is 7.02. The summed E-state index contributed by atoms with van der Waals surface area (Å²) in [5, 5.41) is 3.32. The van der Waals surface area contributed by atoms with Gasteiger partial charge in [0.05, 0.1) is 12.1 Å². The second-order valence-electron chi connectivity index (χ2n) is 4.28. The van der Waals surface area contributed by atoms with Crippen LogP contribution in [0.1, 0.15) is 10.6 Å². The standard InChI is InChI=1S/C15H15FN2OS/c1-3-8-17-14(19)9-13-10(2)18-15(20-13)11-6-4-5-7-12(11)16/h3-7H,1,8-9H2,2H3,(H,17,19). The van der Waals surface area contributed by atoms with E-state index in [-0.39, 0.29) is 18.1 Å². The van der Waals surface area contributed by atoms with Crippen LogP contribution < -0.4 is 5.32 Å². The van der Waals surface area contributed by atoms with Gasteiger partial charge in [-0.05, 0) is 19.1 Å². The minimum Gasteiger partial charge on any atom is -0.352 e. The van der Waals surface area contributed by atoms with E-state index in [0.29, 0.717) is 17.1 Å². The molecule has 0 fully saturated rings. The minimum atomic E-state index is -0.302. The molecule has 20 heavy (non-hydrogen) atoms. The Morgan fingerprint density at radius 2 is 2.25 bits per heavy atom. The van der Waals surface area contributed by atoms with Gasteiger partial charge >= 0.3 is 0 Å². The summed E-state index contributed by atoms with van der Waals surface area (Å²) in [6, 6.07) is 6.51. The van der Waals surface area contributed by atoms with Crippen molar-refractivity contribution in [1.82, 2.24) is 10.3 Å². The van der Waals surface area contributed by atoms with Crippen molar-refractivity contribution in [1.29, 1.82) is 0 Å². The van der Waals surface area contributed by atoms with Crippen LogP contribution >= 0.6 is 11.3 Å². The van der Waals surface area contributed by atoms with Crippen molar-refractivity contribution in [2.24, 2.45) is 0 Å². The predicted molar refractivity (Wildman–Crippen MR) is 79.2 cm³/mol. The van der Waals surface area contributed by atoms with Gasteiger partial charge in [0, 0.05) is 17.0 Å². The summed E-state index contributed by atoms with van der Waals surface area (Å²) in [5.41, 5.74) is 1.24. The van der Waals surface area contributed by atoms with Crippen LogP contribution in [0, 0.1) is 12.7 Å². The van der Waals surface area contributed by atoms with E-state index in [9.17, 15) is 9.18 Å². The Labute approximate surface area is 121 Å². The fourth-order valence-electron chi connectivity index (χ4n) is 1.74. The molecule has 0 aliphatic rings. The SMILES string of the molecule is C=CCNC(=O)Cc1sc(-c2ccccc2F)nc1C. The molecular weight excluding hydrogens is 275 g/mol. The van der Waals surface area contributed by atoms with E-state index in [1.54, 1.807) is 24.3 Å². The lowest BCUT2D eigenvalue weighted by atomic mass is 10.2. The molecule has 0 atom stereocenters. The number of nitrogens with one attached hydrogen (secondary N) is 1. The number of amides is 1. The third kappa shape index (κ3) is 3.30. The van der Waals surface area contributed by atoms with Gasteiger partial charge in [-0.25, -0.2) is 9.37 Å². The molecule has 3 nitrogen and oxygen atoms in total. The average Bonchev–Trinajstić information content (AvgIpc) is 2.78. The maximum atomic E-state index is 13.7. The molecule has 1 heterocycles. The second kappa shape index (κ2) is 6.43. The van der Waals surface area contributed by atoms with E-state index < -0.39 is 0 Å². The van der Waals surface area contributed by atoms with Crippen molar-refractivity contribution in [3.05, 3.63) is 53.3 Å². The van der Waals surface area contributed by atoms with Crippen molar-refractivity contribution < 1.29 is 9.18 Å². The molecule has 1 aromatic carbocycles. The molecule has 0 spiro atoms. The van der Waals surface area contributed by atoms with E-state index in [2.05, 4.69) is 16.9 Å². The van der Waals surface area contributed by atoms with Gasteiger partial charge in [0.1, 0.15) is 10.8 Å². The summed E-state index contributed by atoms with van der Waals surface area (Å²) < 4.78 is 13.7. The molecule has 2 aromatic rings. The molecule has 104 valence electrons. The molecule has 0 saturated carbocycles. The van der Waals surface area contributed by atoms with E-state index in [1.165, 1.54) is 17.4 Å². The largest absolute Gasteiger partial charge is 0.352 e. The first-order chi connectivity index (χ1) is 9.61. The Bertz CT molecular complexity index is 637. The van der Waals surface area contributed by atoms with Gasteiger partial charge in [-0.2, -0.15) is 0 Å². The summed E-state index contributed by atoms with van der Waals surface area (Å²) in [5.74, 6) is -0.388. The van der Waals surface area contributed by atoms with Crippen molar-refractivity contribution in [2.75, 3.05) is 6.54 Å². The van der Waals surface area contributed by atoms with Gasteiger partial charge in [0.15, 0.2) is 0 Å². The quantitative estimate of drug-likeness (QED) is 0.860. The number of hydrogen-bond acceptors (Lipinski definition) is 3. The molecule has 0 saturated heterocycles. The van der Waals surface area contributed by atoms with Crippen LogP contribution in [0.4, 0.5) is 4.39 Å². The Balaban J connectivity index is 2.20. The normalized spacial score (nSPS) is 10.3. The van der Waals surface area contributed by atoms with Crippen LogP contribution in [-0.2, 0) is 11.2 Å². The molecule has 5 heteroatoms. The number of halogens is 1. The summed E-state index contributed by atoms with van der Waals surface area (Å²) in [7, 11) is 0. The van der Waals surface area contributed by atoms with Crippen molar-refractivity contribution >= 4 is 17.2 Å². The molecule has 0 radical (unpaired) electrons.